The predicted octanol–water partition coefficient (Wildman–Crippen LogP) is 1.69. The summed E-state index contributed by atoms with van der Waals surface area (Å²) in [6.45, 7) is 6.43. The van der Waals surface area contributed by atoms with Gasteiger partial charge in [-0.05, 0) is 32.9 Å². The molecule has 0 radical (unpaired) electrons. The zero-order valence-corrected chi connectivity index (χ0v) is 11.3. The number of likely N-dealkylation sites (tertiary alicyclic amines) is 1. The molecule has 1 N–H and O–H groups in total. The van der Waals surface area contributed by atoms with Crippen LogP contribution in [0.4, 0.5) is 5.82 Å². The topological polar surface area (TPSA) is 50.3 Å². The van der Waals surface area contributed by atoms with Crippen molar-refractivity contribution >= 4 is 5.82 Å². The van der Waals surface area contributed by atoms with E-state index in [9.17, 15) is 0 Å². The lowest BCUT2D eigenvalue weighted by Crippen LogP contribution is -2.33. The van der Waals surface area contributed by atoms with E-state index in [1.807, 2.05) is 6.92 Å². The van der Waals surface area contributed by atoms with Crippen LogP contribution in [0.15, 0.2) is 6.33 Å². The molecule has 5 heteroatoms. The summed E-state index contributed by atoms with van der Waals surface area (Å²) >= 11 is 0. The van der Waals surface area contributed by atoms with Crippen molar-refractivity contribution in [3.05, 3.63) is 11.9 Å². The highest BCUT2D eigenvalue weighted by molar-refractivity contribution is 5.47. The molecule has 0 aliphatic carbocycles. The van der Waals surface area contributed by atoms with Gasteiger partial charge in [0, 0.05) is 13.1 Å². The largest absolute Gasteiger partial charge is 0.481 e. The Hall–Kier alpha value is -1.36. The second-order valence-electron chi connectivity index (χ2n) is 4.69. The van der Waals surface area contributed by atoms with Gasteiger partial charge in [0.05, 0.1) is 12.7 Å². The first-order valence-corrected chi connectivity index (χ1v) is 6.63. The van der Waals surface area contributed by atoms with Gasteiger partial charge >= 0.3 is 0 Å². The molecule has 1 aromatic heterocycles. The number of rotatable bonds is 5. The molecular weight excluding hydrogens is 228 g/mol. The van der Waals surface area contributed by atoms with Gasteiger partial charge in [0.15, 0.2) is 0 Å². The predicted molar refractivity (Wildman–Crippen MR) is 72.1 cm³/mol. The van der Waals surface area contributed by atoms with E-state index in [1.54, 1.807) is 7.11 Å². The molecule has 1 fully saturated rings. The van der Waals surface area contributed by atoms with E-state index in [4.69, 9.17) is 4.74 Å². The first kappa shape index (κ1) is 13.1. The molecule has 1 aliphatic rings. The lowest BCUT2D eigenvalue weighted by atomic mass is 10.1. The van der Waals surface area contributed by atoms with Crippen LogP contribution in [-0.2, 0) is 0 Å². The minimum Gasteiger partial charge on any atom is -0.481 e. The molecule has 5 nitrogen and oxygen atoms in total. The summed E-state index contributed by atoms with van der Waals surface area (Å²) in [6, 6.07) is 0. The first-order chi connectivity index (χ1) is 8.81. The van der Waals surface area contributed by atoms with Crippen molar-refractivity contribution < 1.29 is 4.74 Å². The fourth-order valence-electron chi connectivity index (χ4n) is 2.33. The normalized spacial score (nSPS) is 16.6. The third-order valence-electron chi connectivity index (χ3n) is 3.40. The highest BCUT2D eigenvalue weighted by atomic mass is 16.5. The standard InChI is InChI=1S/C13H22N4O/c1-11-12(15-10-16-13(11)18-2)14-6-9-17-7-4-3-5-8-17/h10H,3-9H2,1-2H3,(H,14,15,16). The van der Waals surface area contributed by atoms with Crippen LogP contribution in [0, 0.1) is 6.92 Å². The maximum absolute atomic E-state index is 5.18. The fourth-order valence-corrected chi connectivity index (χ4v) is 2.33. The Bertz CT molecular complexity index is 377. The second-order valence-corrected chi connectivity index (χ2v) is 4.69. The molecule has 1 saturated heterocycles. The number of methoxy groups -OCH3 is 1. The van der Waals surface area contributed by atoms with Gasteiger partial charge in [-0.1, -0.05) is 6.42 Å². The summed E-state index contributed by atoms with van der Waals surface area (Å²) < 4.78 is 5.18. The Balaban J connectivity index is 1.82. The highest BCUT2D eigenvalue weighted by Gasteiger charge is 2.10. The summed E-state index contributed by atoms with van der Waals surface area (Å²) in [5.74, 6) is 1.52. The monoisotopic (exact) mass is 250 g/mol. The minimum absolute atomic E-state index is 0.644. The van der Waals surface area contributed by atoms with Crippen molar-refractivity contribution in [2.24, 2.45) is 0 Å². The number of nitrogens with zero attached hydrogens (tertiary/aromatic N) is 3. The number of hydrogen-bond donors (Lipinski definition) is 1. The van der Waals surface area contributed by atoms with Gasteiger partial charge in [-0.2, -0.15) is 0 Å². The molecule has 0 unspecified atom stereocenters. The van der Waals surface area contributed by atoms with E-state index in [1.165, 1.54) is 38.7 Å². The Kier molecular flexibility index (Phi) is 4.75. The van der Waals surface area contributed by atoms with Crippen molar-refractivity contribution in [1.82, 2.24) is 14.9 Å². The minimum atomic E-state index is 0.644. The third-order valence-corrected chi connectivity index (χ3v) is 3.40. The van der Waals surface area contributed by atoms with Crippen LogP contribution in [0.2, 0.25) is 0 Å². The molecular formula is C13H22N4O. The van der Waals surface area contributed by atoms with Crippen LogP contribution >= 0.6 is 0 Å². The average Bonchev–Trinajstić information content (AvgIpc) is 2.42. The summed E-state index contributed by atoms with van der Waals surface area (Å²) in [5, 5.41) is 3.36. The summed E-state index contributed by atoms with van der Waals surface area (Å²) in [5.41, 5.74) is 0.971. The molecule has 2 rings (SSSR count). The fraction of sp³-hybridized carbons (Fsp3) is 0.692. The van der Waals surface area contributed by atoms with Crippen molar-refractivity contribution in [3.63, 3.8) is 0 Å². The van der Waals surface area contributed by atoms with E-state index < -0.39 is 0 Å². The second kappa shape index (κ2) is 6.54. The first-order valence-electron chi connectivity index (χ1n) is 6.63. The van der Waals surface area contributed by atoms with Crippen LogP contribution in [0.3, 0.4) is 0 Å². The van der Waals surface area contributed by atoms with Gasteiger partial charge in [0.25, 0.3) is 0 Å². The zero-order valence-electron chi connectivity index (χ0n) is 11.3. The molecule has 2 heterocycles. The highest BCUT2D eigenvalue weighted by Crippen LogP contribution is 2.19. The zero-order chi connectivity index (χ0) is 12.8. The van der Waals surface area contributed by atoms with E-state index in [-0.39, 0.29) is 0 Å². The molecule has 0 bridgehead atoms. The van der Waals surface area contributed by atoms with Crippen LogP contribution < -0.4 is 10.1 Å². The molecule has 0 amide bonds. The van der Waals surface area contributed by atoms with E-state index in [2.05, 4.69) is 20.2 Å². The van der Waals surface area contributed by atoms with Gasteiger partial charge in [0.1, 0.15) is 12.1 Å². The summed E-state index contributed by atoms with van der Waals surface area (Å²) in [7, 11) is 1.63. The number of aromatic nitrogens is 2. The number of piperidine rings is 1. The number of ether oxygens (including phenoxy) is 1. The number of nitrogens with one attached hydrogen (secondary N) is 1. The molecule has 0 aromatic carbocycles. The maximum Gasteiger partial charge on any atom is 0.221 e. The number of hydrogen-bond acceptors (Lipinski definition) is 5. The van der Waals surface area contributed by atoms with Gasteiger partial charge < -0.3 is 15.0 Å². The van der Waals surface area contributed by atoms with Crippen molar-refractivity contribution in [2.45, 2.75) is 26.2 Å². The molecule has 1 aliphatic heterocycles. The SMILES string of the molecule is COc1ncnc(NCCN2CCCCC2)c1C. The summed E-state index contributed by atoms with van der Waals surface area (Å²) in [4.78, 5) is 10.8. The quantitative estimate of drug-likeness (QED) is 0.862. The Morgan fingerprint density at radius 3 is 2.78 bits per heavy atom. The van der Waals surface area contributed by atoms with Crippen molar-refractivity contribution in [3.8, 4) is 5.88 Å². The van der Waals surface area contributed by atoms with Crippen LogP contribution in [0.5, 0.6) is 5.88 Å². The van der Waals surface area contributed by atoms with E-state index >= 15 is 0 Å². The van der Waals surface area contributed by atoms with E-state index in [0.717, 1.165) is 24.5 Å². The Morgan fingerprint density at radius 1 is 1.28 bits per heavy atom. The molecule has 0 saturated carbocycles. The van der Waals surface area contributed by atoms with Gasteiger partial charge in [0.2, 0.25) is 5.88 Å². The third kappa shape index (κ3) is 3.32. The lowest BCUT2D eigenvalue weighted by Gasteiger charge is -2.26. The van der Waals surface area contributed by atoms with Gasteiger partial charge in [-0.15, -0.1) is 0 Å². The Labute approximate surface area is 109 Å². The maximum atomic E-state index is 5.18. The van der Waals surface area contributed by atoms with Crippen LogP contribution in [-0.4, -0.2) is 48.2 Å². The Morgan fingerprint density at radius 2 is 2.06 bits per heavy atom. The number of anilines is 1. The summed E-state index contributed by atoms with van der Waals surface area (Å²) in [6.07, 6.45) is 5.59. The van der Waals surface area contributed by atoms with Crippen LogP contribution in [0.25, 0.3) is 0 Å². The van der Waals surface area contributed by atoms with Gasteiger partial charge in [-0.25, -0.2) is 9.97 Å². The van der Waals surface area contributed by atoms with E-state index in [0.29, 0.717) is 5.88 Å². The lowest BCUT2D eigenvalue weighted by molar-refractivity contribution is 0.237. The molecule has 0 atom stereocenters. The van der Waals surface area contributed by atoms with Crippen molar-refractivity contribution in [1.29, 1.82) is 0 Å². The van der Waals surface area contributed by atoms with Crippen LogP contribution in [0.1, 0.15) is 24.8 Å². The molecule has 100 valence electrons. The van der Waals surface area contributed by atoms with Crippen molar-refractivity contribution in [2.75, 3.05) is 38.6 Å². The molecule has 18 heavy (non-hydrogen) atoms. The molecule has 0 spiro atoms. The molecule has 1 aromatic rings. The average molecular weight is 250 g/mol. The van der Waals surface area contributed by atoms with Gasteiger partial charge in [-0.3, -0.25) is 0 Å². The smallest absolute Gasteiger partial charge is 0.221 e.